The number of unbranched alkanes of at least 4 members (excludes halogenated alkanes) is 2. The van der Waals surface area contributed by atoms with Crippen LogP contribution in [-0.4, -0.2) is 41.9 Å². The number of hydrogen-bond acceptors (Lipinski definition) is 5. The molecule has 3 atom stereocenters. The smallest absolute Gasteiger partial charge is 0.364 e. The van der Waals surface area contributed by atoms with Crippen LogP contribution in [0.25, 0.3) is 10.8 Å². The van der Waals surface area contributed by atoms with Crippen molar-refractivity contribution in [2.75, 3.05) is 13.2 Å². The van der Waals surface area contributed by atoms with Gasteiger partial charge < -0.3 is 19.4 Å². The number of ether oxygens (including phenoxy) is 2. The van der Waals surface area contributed by atoms with E-state index in [1.54, 1.807) is 0 Å². The molecular weight excluding hydrogens is 382 g/mol. The molecule has 0 saturated carbocycles. The highest BCUT2D eigenvalue weighted by molar-refractivity contribution is 6.01. The van der Waals surface area contributed by atoms with E-state index in [0.717, 1.165) is 37.0 Å². The molecule has 0 radical (unpaired) electrons. The molecule has 0 amide bonds. The van der Waals surface area contributed by atoms with E-state index in [9.17, 15) is 9.90 Å². The van der Waals surface area contributed by atoms with Gasteiger partial charge in [0.25, 0.3) is 5.79 Å². The van der Waals surface area contributed by atoms with Crippen LogP contribution in [0.2, 0.25) is 0 Å². The van der Waals surface area contributed by atoms with Crippen molar-refractivity contribution in [3.63, 3.8) is 0 Å². The van der Waals surface area contributed by atoms with Crippen molar-refractivity contribution in [2.24, 2.45) is 11.1 Å². The molecule has 0 bridgehead atoms. The SMILES string of the molecule is CC(=NOCCCCCC1COC(C)(C(=O)O)OC1C)c1ccc2ccccc2c1. The third-order valence-corrected chi connectivity index (χ3v) is 5.72. The zero-order chi connectivity index (χ0) is 21.6. The van der Waals surface area contributed by atoms with Crippen LogP contribution in [0.15, 0.2) is 47.6 Å². The fourth-order valence-electron chi connectivity index (χ4n) is 3.68. The first-order chi connectivity index (χ1) is 14.4. The third-order valence-electron chi connectivity index (χ3n) is 5.72. The van der Waals surface area contributed by atoms with Gasteiger partial charge in [0.1, 0.15) is 6.61 Å². The fourth-order valence-corrected chi connectivity index (χ4v) is 3.68. The van der Waals surface area contributed by atoms with E-state index in [2.05, 4.69) is 35.5 Å². The van der Waals surface area contributed by atoms with Crippen LogP contribution < -0.4 is 0 Å². The lowest BCUT2D eigenvalue weighted by molar-refractivity contribution is -0.292. The Morgan fingerprint density at radius 2 is 1.97 bits per heavy atom. The number of aliphatic carboxylic acids is 1. The number of hydrogen-bond donors (Lipinski definition) is 1. The Labute approximate surface area is 177 Å². The van der Waals surface area contributed by atoms with Gasteiger partial charge in [0.2, 0.25) is 0 Å². The van der Waals surface area contributed by atoms with Crippen LogP contribution in [0.1, 0.15) is 52.0 Å². The van der Waals surface area contributed by atoms with Crippen LogP contribution in [-0.2, 0) is 19.1 Å². The molecule has 1 aliphatic heterocycles. The summed E-state index contributed by atoms with van der Waals surface area (Å²) in [5.41, 5.74) is 1.93. The van der Waals surface area contributed by atoms with Crippen LogP contribution in [0.4, 0.5) is 0 Å². The first kappa shape index (κ1) is 22.2. The predicted molar refractivity (Wildman–Crippen MR) is 117 cm³/mol. The lowest BCUT2D eigenvalue weighted by atomic mass is 9.95. The van der Waals surface area contributed by atoms with Crippen molar-refractivity contribution in [3.05, 3.63) is 48.0 Å². The molecule has 3 unspecified atom stereocenters. The molecule has 30 heavy (non-hydrogen) atoms. The van der Waals surface area contributed by atoms with Gasteiger partial charge in [-0.3, -0.25) is 0 Å². The van der Waals surface area contributed by atoms with Gasteiger partial charge in [0, 0.05) is 12.8 Å². The van der Waals surface area contributed by atoms with Gasteiger partial charge >= 0.3 is 5.97 Å². The number of carbonyl (C=O) groups is 1. The van der Waals surface area contributed by atoms with Gasteiger partial charge in [0.05, 0.1) is 18.4 Å². The molecule has 2 aromatic carbocycles. The Bertz CT molecular complexity index is 896. The normalized spacial score (nSPS) is 24.7. The second-order valence-electron chi connectivity index (χ2n) is 8.07. The maximum atomic E-state index is 11.2. The minimum atomic E-state index is -1.52. The molecule has 1 N–H and O–H groups in total. The molecule has 3 rings (SSSR count). The van der Waals surface area contributed by atoms with E-state index in [4.69, 9.17) is 14.3 Å². The number of carboxylic acid groups (broad SMARTS) is 1. The Balaban J connectivity index is 1.35. The van der Waals surface area contributed by atoms with Gasteiger partial charge in [-0.1, -0.05) is 48.0 Å². The molecule has 0 aromatic heterocycles. The third kappa shape index (κ3) is 5.58. The molecule has 2 aromatic rings. The zero-order valence-electron chi connectivity index (χ0n) is 18.0. The second kappa shape index (κ2) is 10.0. The number of carboxylic acids is 1. The molecule has 0 spiro atoms. The molecule has 1 aliphatic rings. The summed E-state index contributed by atoms with van der Waals surface area (Å²) in [6.45, 7) is 6.33. The van der Waals surface area contributed by atoms with Crippen LogP contribution in [0.5, 0.6) is 0 Å². The highest BCUT2D eigenvalue weighted by Crippen LogP contribution is 2.29. The summed E-state index contributed by atoms with van der Waals surface area (Å²) in [4.78, 5) is 16.7. The van der Waals surface area contributed by atoms with Crippen molar-refractivity contribution < 1.29 is 24.2 Å². The van der Waals surface area contributed by atoms with Gasteiger partial charge in [-0.2, -0.15) is 0 Å². The predicted octanol–water partition coefficient (Wildman–Crippen LogP) is 4.99. The van der Waals surface area contributed by atoms with Gasteiger partial charge in [-0.15, -0.1) is 0 Å². The van der Waals surface area contributed by atoms with Crippen molar-refractivity contribution in [1.29, 1.82) is 0 Å². The largest absolute Gasteiger partial charge is 0.477 e. The van der Waals surface area contributed by atoms with E-state index in [1.807, 2.05) is 26.0 Å². The van der Waals surface area contributed by atoms with Gasteiger partial charge in [0.15, 0.2) is 0 Å². The summed E-state index contributed by atoms with van der Waals surface area (Å²) in [6.07, 6.45) is 3.76. The maximum absolute atomic E-state index is 11.2. The van der Waals surface area contributed by atoms with Crippen LogP contribution in [0.3, 0.4) is 0 Å². The molecule has 1 fully saturated rings. The number of benzene rings is 2. The van der Waals surface area contributed by atoms with Crippen molar-refractivity contribution in [1.82, 2.24) is 0 Å². The molecule has 6 heteroatoms. The monoisotopic (exact) mass is 413 g/mol. The average molecular weight is 414 g/mol. The highest BCUT2D eigenvalue weighted by atomic mass is 16.7. The minimum Gasteiger partial charge on any atom is -0.477 e. The highest BCUT2D eigenvalue weighted by Gasteiger charge is 2.43. The fraction of sp³-hybridized carbons (Fsp3) is 0.500. The van der Waals surface area contributed by atoms with E-state index >= 15 is 0 Å². The molecule has 162 valence electrons. The van der Waals surface area contributed by atoms with E-state index < -0.39 is 11.8 Å². The van der Waals surface area contributed by atoms with Crippen LogP contribution >= 0.6 is 0 Å². The van der Waals surface area contributed by atoms with E-state index in [-0.39, 0.29) is 12.0 Å². The van der Waals surface area contributed by atoms with E-state index in [1.165, 1.54) is 17.7 Å². The Kier molecular flexibility index (Phi) is 7.45. The summed E-state index contributed by atoms with van der Waals surface area (Å²) in [5.74, 6) is -2.39. The Morgan fingerprint density at radius 1 is 1.20 bits per heavy atom. The molecule has 0 aliphatic carbocycles. The van der Waals surface area contributed by atoms with Gasteiger partial charge in [-0.05, 0) is 55.5 Å². The van der Waals surface area contributed by atoms with Crippen LogP contribution in [0, 0.1) is 5.92 Å². The molecule has 6 nitrogen and oxygen atoms in total. The number of fused-ring (bicyclic) bond motifs is 1. The number of nitrogens with zero attached hydrogens (tertiary/aromatic N) is 1. The number of oxime groups is 1. The summed E-state index contributed by atoms with van der Waals surface area (Å²) in [5, 5.41) is 15.8. The summed E-state index contributed by atoms with van der Waals surface area (Å²) in [6, 6.07) is 14.6. The van der Waals surface area contributed by atoms with E-state index in [0.29, 0.717) is 13.2 Å². The average Bonchev–Trinajstić information content (AvgIpc) is 2.73. The lowest BCUT2D eigenvalue weighted by Crippen LogP contribution is -2.51. The Hall–Kier alpha value is -2.44. The minimum absolute atomic E-state index is 0.134. The lowest BCUT2D eigenvalue weighted by Gasteiger charge is -2.39. The second-order valence-corrected chi connectivity index (χ2v) is 8.07. The number of rotatable bonds is 9. The summed E-state index contributed by atoms with van der Waals surface area (Å²) < 4.78 is 11.0. The standard InChI is InChI=1S/C24H31NO5/c1-17(20-13-12-19-9-6-7-10-21(19)15-20)25-29-14-8-4-5-11-22-16-28-24(3,23(26)27)30-18(22)2/h6-7,9-10,12-13,15,18,22H,4-5,8,11,14,16H2,1-3H3,(H,26,27). The molecule has 1 saturated heterocycles. The van der Waals surface area contributed by atoms with Gasteiger partial charge in [-0.25, -0.2) is 4.79 Å². The summed E-state index contributed by atoms with van der Waals surface area (Å²) in [7, 11) is 0. The quantitative estimate of drug-likeness (QED) is 0.356. The Morgan fingerprint density at radius 3 is 2.70 bits per heavy atom. The van der Waals surface area contributed by atoms with Crippen molar-refractivity contribution in [3.8, 4) is 0 Å². The molecular formula is C24H31NO5. The van der Waals surface area contributed by atoms with Crippen molar-refractivity contribution >= 4 is 22.5 Å². The summed E-state index contributed by atoms with van der Waals surface area (Å²) >= 11 is 0. The van der Waals surface area contributed by atoms with Crippen molar-refractivity contribution in [2.45, 2.75) is 58.3 Å². The maximum Gasteiger partial charge on any atom is 0.364 e. The first-order valence-electron chi connectivity index (χ1n) is 10.6. The zero-order valence-corrected chi connectivity index (χ0v) is 18.0. The molecule has 1 heterocycles. The first-order valence-corrected chi connectivity index (χ1v) is 10.6. The topological polar surface area (TPSA) is 77.4 Å².